The largest absolute Gasteiger partial charge is 0.431 e. The summed E-state index contributed by atoms with van der Waals surface area (Å²) >= 11 is 12.0. The SMILES string of the molecule is Cc1c(-c2ccc(Cl)cc2)c(C(=O)N(C)CCS(C)(=O)=O)n(Cc2cccc(Cl)c2)c1C(F)(F)F. The van der Waals surface area contributed by atoms with Gasteiger partial charge in [-0.05, 0) is 47.9 Å². The zero-order chi connectivity index (χ0) is 26.1. The third-order valence-corrected chi connectivity index (χ3v) is 6.90. The molecule has 11 heteroatoms. The minimum atomic E-state index is -4.77. The molecule has 0 aliphatic heterocycles. The minimum absolute atomic E-state index is 0.104. The smallest absolute Gasteiger partial charge is 0.339 e. The first-order chi connectivity index (χ1) is 16.2. The van der Waals surface area contributed by atoms with Crippen LogP contribution in [0.3, 0.4) is 0 Å². The average Bonchev–Trinajstić information content (AvgIpc) is 3.03. The molecule has 35 heavy (non-hydrogen) atoms. The summed E-state index contributed by atoms with van der Waals surface area (Å²) < 4.78 is 67.3. The fraction of sp³-hybridized carbons (Fsp3) is 0.292. The number of rotatable bonds is 7. The molecular formula is C24H23Cl2F3N2O3S. The van der Waals surface area contributed by atoms with Crippen molar-refractivity contribution in [2.24, 2.45) is 0 Å². The van der Waals surface area contributed by atoms with Gasteiger partial charge in [0.05, 0.1) is 5.75 Å². The van der Waals surface area contributed by atoms with Gasteiger partial charge in [-0.15, -0.1) is 0 Å². The van der Waals surface area contributed by atoms with Crippen LogP contribution < -0.4 is 0 Å². The second-order valence-electron chi connectivity index (χ2n) is 8.27. The van der Waals surface area contributed by atoms with E-state index in [2.05, 4.69) is 0 Å². The highest BCUT2D eigenvalue weighted by Crippen LogP contribution is 2.42. The van der Waals surface area contributed by atoms with Crippen molar-refractivity contribution < 1.29 is 26.4 Å². The zero-order valence-electron chi connectivity index (χ0n) is 19.2. The molecule has 1 amide bonds. The van der Waals surface area contributed by atoms with Gasteiger partial charge < -0.3 is 9.47 Å². The lowest BCUT2D eigenvalue weighted by molar-refractivity contribution is -0.143. The van der Waals surface area contributed by atoms with Gasteiger partial charge in [0, 0.05) is 42.0 Å². The van der Waals surface area contributed by atoms with Gasteiger partial charge in [-0.2, -0.15) is 13.2 Å². The highest BCUT2D eigenvalue weighted by atomic mass is 35.5. The molecule has 188 valence electrons. The summed E-state index contributed by atoms with van der Waals surface area (Å²) in [4.78, 5) is 14.7. The summed E-state index contributed by atoms with van der Waals surface area (Å²) in [6.07, 6.45) is -3.74. The van der Waals surface area contributed by atoms with E-state index < -0.39 is 27.6 Å². The summed E-state index contributed by atoms with van der Waals surface area (Å²) in [7, 11) is -2.04. The monoisotopic (exact) mass is 546 g/mol. The molecule has 0 bridgehead atoms. The highest BCUT2D eigenvalue weighted by Gasteiger charge is 2.41. The first-order valence-electron chi connectivity index (χ1n) is 10.4. The molecule has 2 aromatic carbocycles. The van der Waals surface area contributed by atoms with Crippen LogP contribution in [0.15, 0.2) is 48.5 Å². The number of sulfone groups is 1. The third-order valence-electron chi connectivity index (χ3n) is 5.48. The van der Waals surface area contributed by atoms with Crippen LogP contribution in [0.2, 0.25) is 10.0 Å². The molecule has 3 aromatic rings. The van der Waals surface area contributed by atoms with Gasteiger partial charge in [0.15, 0.2) is 0 Å². The number of benzene rings is 2. The topological polar surface area (TPSA) is 59.4 Å². The van der Waals surface area contributed by atoms with E-state index in [0.717, 1.165) is 15.7 Å². The number of hydrogen-bond donors (Lipinski definition) is 0. The molecule has 5 nitrogen and oxygen atoms in total. The molecule has 0 aliphatic rings. The maximum atomic E-state index is 14.4. The Morgan fingerprint density at radius 2 is 1.69 bits per heavy atom. The van der Waals surface area contributed by atoms with Crippen molar-refractivity contribution in [1.29, 1.82) is 0 Å². The van der Waals surface area contributed by atoms with Gasteiger partial charge in [-0.25, -0.2) is 8.42 Å². The molecule has 0 N–H and O–H groups in total. The predicted molar refractivity (Wildman–Crippen MR) is 132 cm³/mol. The number of amides is 1. The zero-order valence-corrected chi connectivity index (χ0v) is 21.5. The molecule has 0 fully saturated rings. The first-order valence-corrected chi connectivity index (χ1v) is 13.2. The van der Waals surface area contributed by atoms with Gasteiger partial charge in [0.1, 0.15) is 21.2 Å². The van der Waals surface area contributed by atoms with Gasteiger partial charge >= 0.3 is 6.18 Å². The van der Waals surface area contributed by atoms with Crippen molar-refractivity contribution in [3.05, 3.63) is 81.1 Å². The first kappa shape index (κ1) is 27.1. The van der Waals surface area contributed by atoms with Gasteiger partial charge in [-0.1, -0.05) is 47.5 Å². The maximum Gasteiger partial charge on any atom is 0.431 e. The average molecular weight is 547 g/mol. The summed E-state index contributed by atoms with van der Waals surface area (Å²) in [5.74, 6) is -1.06. The van der Waals surface area contributed by atoms with Crippen molar-refractivity contribution in [1.82, 2.24) is 9.47 Å². The summed E-state index contributed by atoms with van der Waals surface area (Å²) in [6.45, 7) is 0.861. The van der Waals surface area contributed by atoms with E-state index in [1.807, 2.05) is 0 Å². The van der Waals surface area contributed by atoms with E-state index in [1.54, 1.807) is 30.3 Å². The van der Waals surface area contributed by atoms with Crippen LogP contribution in [0.1, 0.15) is 27.3 Å². The van der Waals surface area contributed by atoms with E-state index in [4.69, 9.17) is 23.2 Å². The highest BCUT2D eigenvalue weighted by molar-refractivity contribution is 7.90. The molecule has 3 rings (SSSR count). The maximum absolute atomic E-state index is 14.4. The minimum Gasteiger partial charge on any atom is -0.339 e. The van der Waals surface area contributed by atoms with Crippen molar-refractivity contribution in [3.8, 4) is 11.1 Å². The van der Waals surface area contributed by atoms with E-state index in [1.165, 1.54) is 32.2 Å². The van der Waals surface area contributed by atoms with Gasteiger partial charge in [0.2, 0.25) is 0 Å². The molecule has 0 radical (unpaired) electrons. The Morgan fingerprint density at radius 1 is 1.06 bits per heavy atom. The Bertz CT molecular complexity index is 1350. The van der Waals surface area contributed by atoms with Crippen molar-refractivity contribution >= 4 is 38.9 Å². The molecule has 0 atom stereocenters. The van der Waals surface area contributed by atoms with E-state index >= 15 is 0 Å². The van der Waals surface area contributed by atoms with E-state index in [-0.39, 0.29) is 35.7 Å². The Kier molecular flexibility index (Phi) is 7.93. The number of carbonyl (C=O) groups excluding carboxylic acids is 1. The lowest BCUT2D eigenvalue weighted by atomic mass is 10.00. The van der Waals surface area contributed by atoms with Crippen LogP contribution in [-0.4, -0.2) is 49.4 Å². The third kappa shape index (κ3) is 6.39. The van der Waals surface area contributed by atoms with E-state index in [0.29, 0.717) is 21.2 Å². The van der Waals surface area contributed by atoms with Crippen LogP contribution in [0.25, 0.3) is 11.1 Å². The normalized spacial score (nSPS) is 12.1. The van der Waals surface area contributed by atoms with Crippen LogP contribution >= 0.6 is 23.2 Å². The van der Waals surface area contributed by atoms with Gasteiger partial charge in [0.25, 0.3) is 5.91 Å². The van der Waals surface area contributed by atoms with Crippen LogP contribution in [0.4, 0.5) is 13.2 Å². The number of carbonyl (C=O) groups is 1. The summed E-state index contributed by atoms with van der Waals surface area (Å²) in [6, 6.07) is 12.5. The lowest BCUT2D eigenvalue weighted by Gasteiger charge is -2.21. The van der Waals surface area contributed by atoms with Crippen molar-refractivity contribution in [2.75, 3.05) is 25.6 Å². The molecule has 1 heterocycles. The number of nitrogens with zero attached hydrogens (tertiary/aromatic N) is 2. The standard InChI is InChI=1S/C24H23Cl2F3N2O3S/c1-15-20(17-7-9-18(25)10-8-17)21(23(32)30(2)11-12-35(3,33)34)31(22(15)24(27,28)29)14-16-5-4-6-19(26)13-16/h4-10,13H,11-12,14H2,1-3H3. The molecule has 0 aliphatic carbocycles. The molecule has 1 aromatic heterocycles. The second-order valence-corrected chi connectivity index (χ2v) is 11.4. The lowest BCUT2D eigenvalue weighted by Crippen LogP contribution is -2.33. The molecule has 0 unspecified atom stereocenters. The van der Waals surface area contributed by atoms with Gasteiger partial charge in [-0.3, -0.25) is 4.79 Å². The fourth-order valence-corrected chi connectivity index (χ4v) is 4.81. The Hall–Kier alpha value is -2.49. The Labute approximate surface area is 212 Å². The summed E-state index contributed by atoms with van der Waals surface area (Å²) in [5.41, 5.74) is -0.347. The van der Waals surface area contributed by atoms with E-state index in [9.17, 15) is 26.4 Å². The van der Waals surface area contributed by atoms with Crippen LogP contribution in [0.5, 0.6) is 0 Å². The predicted octanol–water partition coefficient (Wildman–Crippen LogP) is 5.95. The fourth-order valence-electron chi connectivity index (χ4n) is 3.86. The second kappa shape index (κ2) is 10.2. The van der Waals surface area contributed by atoms with Crippen molar-refractivity contribution in [3.63, 3.8) is 0 Å². The Balaban J connectivity index is 2.29. The quantitative estimate of drug-likeness (QED) is 0.367. The van der Waals surface area contributed by atoms with Crippen LogP contribution in [0, 0.1) is 6.92 Å². The molecular weight excluding hydrogens is 524 g/mol. The molecule has 0 spiro atoms. The Morgan fingerprint density at radius 3 is 2.23 bits per heavy atom. The number of alkyl halides is 3. The van der Waals surface area contributed by atoms with Crippen LogP contribution in [-0.2, 0) is 22.6 Å². The number of aromatic nitrogens is 1. The molecule has 0 saturated heterocycles. The summed E-state index contributed by atoms with van der Waals surface area (Å²) in [5, 5.41) is 0.731. The molecule has 0 saturated carbocycles. The number of halogens is 5. The number of hydrogen-bond acceptors (Lipinski definition) is 3. The van der Waals surface area contributed by atoms with Crippen molar-refractivity contribution in [2.45, 2.75) is 19.6 Å².